The van der Waals surface area contributed by atoms with Crippen molar-refractivity contribution in [1.29, 1.82) is 0 Å². The molecule has 1 unspecified atom stereocenters. The van der Waals surface area contributed by atoms with Crippen molar-refractivity contribution in [2.45, 2.75) is 44.3 Å². The second kappa shape index (κ2) is 7.93. The van der Waals surface area contributed by atoms with Crippen LogP contribution in [-0.2, 0) is 17.9 Å². The number of hydrogen-bond acceptors (Lipinski definition) is 5. The van der Waals surface area contributed by atoms with E-state index >= 15 is 0 Å². The average Bonchev–Trinajstić information content (AvgIpc) is 2.92. The summed E-state index contributed by atoms with van der Waals surface area (Å²) in [4.78, 5) is 12.2. The lowest BCUT2D eigenvalue weighted by Crippen LogP contribution is -2.30. The minimum atomic E-state index is -0.249. The summed E-state index contributed by atoms with van der Waals surface area (Å²) < 4.78 is 1.75. The van der Waals surface area contributed by atoms with Gasteiger partial charge in [0, 0.05) is 13.1 Å². The predicted octanol–water partition coefficient (Wildman–Crippen LogP) is 2.13. The van der Waals surface area contributed by atoms with E-state index in [9.17, 15) is 4.79 Å². The van der Waals surface area contributed by atoms with Crippen LogP contribution in [0.3, 0.4) is 0 Å². The second-order valence-corrected chi connectivity index (χ2v) is 6.81. The van der Waals surface area contributed by atoms with Gasteiger partial charge in [-0.05, 0) is 28.8 Å². The maximum absolute atomic E-state index is 12.2. The highest BCUT2D eigenvalue weighted by atomic mass is 32.2. The number of hydrogen-bond donors (Lipinski definition) is 1. The quantitative estimate of drug-likeness (QED) is 0.792. The summed E-state index contributed by atoms with van der Waals surface area (Å²) in [5.41, 5.74) is 1.08. The summed E-state index contributed by atoms with van der Waals surface area (Å²) in [6, 6.07) is 9.85. The van der Waals surface area contributed by atoms with Gasteiger partial charge in [0.15, 0.2) is 0 Å². The molecule has 0 aliphatic rings. The smallest absolute Gasteiger partial charge is 0.233 e. The van der Waals surface area contributed by atoms with E-state index < -0.39 is 0 Å². The summed E-state index contributed by atoms with van der Waals surface area (Å²) in [7, 11) is 0. The molecule has 1 aromatic carbocycles. The molecule has 7 heteroatoms. The highest BCUT2D eigenvalue weighted by Crippen LogP contribution is 2.20. The fraction of sp³-hybridized carbons (Fsp3) is 0.467. The van der Waals surface area contributed by atoms with Crippen LogP contribution in [0, 0.1) is 5.92 Å². The Kier molecular flexibility index (Phi) is 5.94. The molecule has 1 amide bonds. The van der Waals surface area contributed by atoms with Gasteiger partial charge in [-0.15, -0.1) is 5.10 Å². The number of carbonyl (C=O) groups is 1. The summed E-state index contributed by atoms with van der Waals surface area (Å²) in [5, 5.41) is 15.0. The Morgan fingerprint density at radius 2 is 2.00 bits per heavy atom. The minimum Gasteiger partial charge on any atom is -0.351 e. The van der Waals surface area contributed by atoms with Gasteiger partial charge < -0.3 is 5.32 Å². The first-order chi connectivity index (χ1) is 10.6. The molecule has 2 rings (SSSR count). The van der Waals surface area contributed by atoms with Gasteiger partial charge in [-0.1, -0.05) is 55.9 Å². The number of aromatic nitrogens is 4. The Hall–Kier alpha value is -1.89. The van der Waals surface area contributed by atoms with E-state index in [0.717, 1.165) is 12.1 Å². The van der Waals surface area contributed by atoms with E-state index in [1.54, 1.807) is 4.68 Å². The van der Waals surface area contributed by atoms with Crippen LogP contribution in [0.5, 0.6) is 0 Å². The molecule has 22 heavy (non-hydrogen) atoms. The Balaban J connectivity index is 1.87. The number of tetrazole rings is 1. The van der Waals surface area contributed by atoms with Gasteiger partial charge in [0.2, 0.25) is 11.1 Å². The topological polar surface area (TPSA) is 72.7 Å². The molecule has 0 radical (unpaired) electrons. The molecule has 0 spiro atoms. The zero-order chi connectivity index (χ0) is 15.9. The van der Waals surface area contributed by atoms with Crippen LogP contribution in [0.15, 0.2) is 35.5 Å². The maximum atomic E-state index is 12.2. The molecule has 0 bridgehead atoms. The van der Waals surface area contributed by atoms with Crippen molar-refractivity contribution in [2.75, 3.05) is 0 Å². The molecular weight excluding hydrogens is 298 g/mol. The molecule has 1 heterocycles. The van der Waals surface area contributed by atoms with E-state index in [1.807, 2.05) is 37.3 Å². The van der Waals surface area contributed by atoms with Crippen LogP contribution in [0.2, 0.25) is 0 Å². The molecule has 1 N–H and O–H groups in total. The molecule has 1 aromatic heterocycles. The lowest BCUT2D eigenvalue weighted by atomic mass is 10.2. The van der Waals surface area contributed by atoms with Crippen molar-refractivity contribution in [1.82, 2.24) is 25.5 Å². The largest absolute Gasteiger partial charge is 0.351 e. The van der Waals surface area contributed by atoms with Crippen molar-refractivity contribution in [3.8, 4) is 0 Å². The van der Waals surface area contributed by atoms with E-state index in [-0.39, 0.29) is 11.2 Å². The third-order valence-electron chi connectivity index (χ3n) is 3.00. The standard InChI is InChI=1S/C15H21N5OS/c1-11(2)10-20-15(17-18-19-20)22-12(3)14(21)16-9-13-7-5-4-6-8-13/h4-8,11-12H,9-10H2,1-3H3,(H,16,21). The molecule has 0 saturated carbocycles. The van der Waals surface area contributed by atoms with Gasteiger partial charge in [-0.25, -0.2) is 4.68 Å². The number of amides is 1. The summed E-state index contributed by atoms with van der Waals surface area (Å²) >= 11 is 1.38. The molecule has 2 aromatic rings. The van der Waals surface area contributed by atoms with Gasteiger partial charge in [-0.3, -0.25) is 4.79 Å². The zero-order valence-corrected chi connectivity index (χ0v) is 13.9. The van der Waals surface area contributed by atoms with Gasteiger partial charge >= 0.3 is 0 Å². The van der Waals surface area contributed by atoms with Crippen molar-refractivity contribution in [3.05, 3.63) is 35.9 Å². The molecule has 6 nitrogen and oxygen atoms in total. The number of nitrogens with zero attached hydrogens (tertiary/aromatic N) is 4. The van der Waals surface area contributed by atoms with E-state index in [2.05, 4.69) is 34.7 Å². The first-order valence-electron chi connectivity index (χ1n) is 7.30. The number of nitrogens with one attached hydrogen (secondary N) is 1. The highest BCUT2D eigenvalue weighted by molar-refractivity contribution is 8.00. The predicted molar refractivity (Wildman–Crippen MR) is 86.3 cm³/mol. The molecule has 0 aliphatic carbocycles. The van der Waals surface area contributed by atoms with Crippen LogP contribution in [0.25, 0.3) is 0 Å². The molecular formula is C15H21N5OS. The average molecular weight is 319 g/mol. The maximum Gasteiger partial charge on any atom is 0.233 e. The normalized spacial score (nSPS) is 12.4. The minimum absolute atomic E-state index is 0.0204. The van der Waals surface area contributed by atoms with E-state index in [4.69, 9.17) is 0 Å². The Morgan fingerprint density at radius 1 is 1.27 bits per heavy atom. The third-order valence-corrected chi connectivity index (χ3v) is 4.07. The van der Waals surface area contributed by atoms with Crippen LogP contribution in [0.4, 0.5) is 0 Å². The fourth-order valence-electron chi connectivity index (χ4n) is 1.88. The van der Waals surface area contributed by atoms with Gasteiger partial charge in [0.05, 0.1) is 5.25 Å². The van der Waals surface area contributed by atoms with Crippen molar-refractivity contribution in [3.63, 3.8) is 0 Å². The van der Waals surface area contributed by atoms with Crippen molar-refractivity contribution < 1.29 is 4.79 Å². The van der Waals surface area contributed by atoms with Gasteiger partial charge in [0.25, 0.3) is 0 Å². The summed E-state index contributed by atoms with van der Waals surface area (Å²) in [6.45, 7) is 7.34. The number of carbonyl (C=O) groups excluding carboxylic acids is 1. The van der Waals surface area contributed by atoms with Crippen LogP contribution < -0.4 is 5.32 Å². The van der Waals surface area contributed by atoms with E-state index in [0.29, 0.717) is 17.6 Å². The summed E-state index contributed by atoms with van der Waals surface area (Å²) in [6.07, 6.45) is 0. The van der Waals surface area contributed by atoms with E-state index in [1.165, 1.54) is 11.8 Å². The molecule has 118 valence electrons. The lowest BCUT2D eigenvalue weighted by molar-refractivity contribution is -0.120. The first-order valence-corrected chi connectivity index (χ1v) is 8.18. The first kappa shape index (κ1) is 16.5. The monoisotopic (exact) mass is 319 g/mol. The van der Waals surface area contributed by atoms with Crippen LogP contribution in [0.1, 0.15) is 26.3 Å². The summed E-state index contributed by atoms with van der Waals surface area (Å²) in [5.74, 6) is 0.429. The van der Waals surface area contributed by atoms with Crippen molar-refractivity contribution >= 4 is 17.7 Å². The number of rotatable bonds is 7. The Labute approximate surface area is 134 Å². The zero-order valence-electron chi connectivity index (χ0n) is 13.1. The third kappa shape index (κ3) is 4.84. The molecule has 0 fully saturated rings. The van der Waals surface area contributed by atoms with Crippen LogP contribution >= 0.6 is 11.8 Å². The van der Waals surface area contributed by atoms with Gasteiger partial charge in [-0.2, -0.15) is 0 Å². The lowest BCUT2D eigenvalue weighted by Gasteiger charge is -2.12. The van der Waals surface area contributed by atoms with Crippen LogP contribution in [-0.4, -0.2) is 31.4 Å². The number of thioether (sulfide) groups is 1. The second-order valence-electron chi connectivity index (χ2n) is 5.50. The molecule has 0 saturated heterocycles. The Morgan fingerprint density at radius 3 is 2.68 bits per heavy atom. The fourth-order valence-corrected chi connectivity index (χ4v) is 2.70. The van der Waals surface area contributed by atoms with Crippen molar-refractivity contribution in [2.24, 2.45) is 5.92 Å². The SMILES string of the molecule is CC(C)Cn1nnnc1SC(C)C(=O)NCc1ccccc1. The molecule has 0 aliphatic heterocycles. The van der Waals surface area contributed by atoms with Gasteiger partial charge in [0.1, 0.15) is 0 Å². The number of benzene rings is 1. The Bertz CT molecular complexity index is 599. The highest BCUT2D eigenvalue weighted by Gasteiger charge is 2.18. The molecule has 1 atom stereocenters.